The smallest absolute Gasteiger partial charge is 0.310 e. The number of ether oxygens (including phenoxy) is 2. The van der Waals surface area contributed by atoms with Gasteiger partial charge in [0.1, 0.15) is 12.7 Å². The Morgan fingerprint density at radius 2 is 1.19 bits per heavy atom. The maximum Gasteiger partial charge on any atom is 0.310 e. The van der Waals surface area contributed by atoms with Crippen LogP contribution in [0.5, 0.6) is 0 Å². The molecule has 0 spiro atoms. The topological polar surface area (TPSA) is 52.6 Å². The Bertz CT molecular complexity index is 939. The van der Waals surface area contributed by atoms with Crippen molar-refractivity contribution < 1.29 is 19.1 Å². The van der Waals surface area contributed by atoms with E-state index in [4.69, 9.17) is 9.47 Å². The van der Waals surface area contributed by atoms with Gasteiger partial charge < -0.3 is 9.47 Å². The first-order valence-corrected chi connectivity index (χ1v) is 10.5. The lowest BCUT2D eigenvalue weighted by Crippen LogP contribution is -2.28. The summed E-state index contributed by atoms with van der Waals surface area (Å²) in [7, 11) is 0. The third kappa shape index (κ3) is 7.50. The molecule has 0 fully saturated rings. The number of rotatable bonds is 11. The van der Waals surface area contributed by atoms with Gasteiger partial charge in [0.15, 0.2) is 5.78 Å². The number of benzene rings is 3. The summed E-state index contributed by atoms with van der Waals surface area (Å²) in [6, 6.07) is 28.9. The molecule has 0 aliphatic heterocycles. The number of carbonyl (C=O) groups excluding carboxylic acids is 2. The molecule has 3 rings (SSSR count). The van der Waals surface area contributed by atoms with Gasteiger partial charge in [-0.15, -0.1) is 0 Å². The first-order valence-electron chi connectivity index (χ1n) is 10.5. The number of esters is 1. The Labute approximate surface area is 183 Å². The van der Waals surface area contributed by atoms with Crippen molar-refractivity contribution >= 4 is 11.8 Å². The lowest BCUT2D eigenvalue weighted by Gasteiger charge is -2.18. The van der Waals surface area contributed by atoms with Crippen LogP contribution in [0.3, 0.4) is 0 Å². The standard InChI is InChI=1S/C27H28O4/c1-21(30-19-23-13-7-3-8-14-23)26(28)18-25(17-22-11-5-2-6-12-22)27(29)31-20-24-15-9-4-10-16-24/h2-16,21,25H,17-20H2,1H3/t21-,25?/m0/s1. The van der Waals surface area contributed by atoms with Crippen LogP contribution in [0.2, 0.25) is 0 Å². The van der Waals surface area contributed by atoms with Crippen molar-refractivity contribution in [3.8, 4) is 0 Å². The van der Waals surface area contributed by atoms with E-state index in [1.807, 2.05) is 91.0 Å². The molecule has 0 amide bonds. The van der Waals surface area contributed by atoms with E-state index in [0.717, 1.165) is 16.7 Å². The van der Waals surface area contributed by atoms with E-state index in [1.165, 1.54) is 0 Å². The molecule has 0 radical (unpaired) electrons. The molecule has 0 aliphatic rings. The Hall–Kier alpha value is -3.24. The first-order chi connectivity index (χ1) is 15.1. The highest BCUT2D eigenvalue weighted by molar-refractivity contribution is 5.87. The van der Waals surface area contributed by atoms with Gasteiger partial charge in [0.25, 0.3) is 0 Å². The highest BCUT2D eigenvalue weighted by atomic mass is 16.5. The Kier molecular flexibility index (Phi) is 8.56. The summed E-state index contributed by atoms with van der Waals surface area (Å²) in [5, 5.41) is 0. The van der Waals surface area contributed by atoms with Crippen LogP contribution in [0.15, 0.2) is 91.0 Å². The number of ketones is 1. The second-order valence-electron chi connectivity index (χ2n) is 7.59. The van der Waals surface area contributed by atoms with Gasteiger partial charge in [-0.25, -0.2) is 0 Å². The van der Waals surface area contributed by atoms with E-state index in [9.17, 15) is 9.59 Å². The molecular formula is C27H28O4. The molecule has 3 aromatic rings. The van der Waals surface area contributed by atoms with Gasteiger partial charge in [-0.1, -0.05) is 91.0 Å². The summed E-state index contributed by atoms with van der Waals surface area (Å²) in [4.78, 5) is 25.7. The molecule has 0 aliphatic carbocycles. The average molecular weight is 417 g/mol. The van der Waals surface area contributed by atoms with E-state index >= 15 is 0 Å². The van der Waals surface area contributed by atoms with Gasteiger partial charge in [0, 0.05) is 6.42 Å². The van der Waals surface area contributed by atoms with Crippen molar-refractivity contribution in [2.24, 2.45) is 5.92 Å². The second-order valence-corrected chi connectivity index (χ2v) is 7.59. The molecule has 0 saturated heterocycles. The number of hydrogen-bond acceptors (Lipinski definition) is 4. The molecule has 0 bridgehead atoms. The maximum absolute atomic E-state index is 12.8. The normalized spacial score (nSPS) is 12.7. The Balaban J connectivity index is 1.60. The van der Waals surface area contributed by atoms with Gasteiger partial charge in [-0.3, -0.25) is 9.59 Å². The predicted molar refractivity (Wildman–Crippen MR) is 120 cm³/mol. The van der Waals surface area contributed by atoms with Crippen molar-refractivity contribution in [1.29, 1.82) is 0 Å². The summed E-state index contributed by atoms with van der Waals surface area (Å²) in [6.07, 6.45) is -0.0650. The fourth-order valence-electron chi connectivity index (χ4n) is 3.28. The van der Waals surface area contributed by atoms with Crippen LogP contribution in [-0.2, 0) is 38.7 Å². The number of carbonyl (C=O) groups is 2. The molecule has 4 nitrogen and oxygen atoms in total. The van der Waals surface area contributed by atoms with Gasteiger partial charge in [0.05, 0.1) is 12.5 Å². The molecule has 2 atom stereocenters. The third-order valence-corrected chi connectivity index (χ3v) is 5.13. The number of hydrogen-bond donors (Lipinski definition) is 0. The van der Waals surface area contributed by atoms with Gasteiger partial charge in [0.2, 0.25) is 0 Å². The fourth-order valence-corrected chi connectivity index (χ4v) is 3.28. The SMILES string of the molecule is C[C@H](OCc1ccccc1)C(=O)CC(Cc1ccccc1)C(=O)OCc1ccccc1. The fraction of sp³-hybridized carbons (Fsp3) is 0.259. The summed E-state index contributed by atoms with van der Waals surface area (Å²) >= 11 is 0. The monoisotopic (exact) mass is 416 g/mol. The van der Waals surface area contributed by atoms with Crippen LogP contribution < -0.4 is 0 Å². The lowest BCUT2D eigenvalue weighted by atomic mass is 9.93. The van der Waals surface area contributed by atoms with E-state index in [0.29, 0.717) is 13.0 Å². The van der Waals surface area contributed by atoms with Crippen molar-refractivity contribution in [2.45, 2.75) is 39.1 Å². The second kappa shape index (κ2) is 11.8. The van der Waals surface area contributed by atoms with Crippen molar-refractivity contribution in [2.75, 3.05) is 0 Å². The molecule has 0 heterocycles. The van der Waals surface area contributed by atoms with Crippen LogP contribution >= 0.6 is 0 Å². The van der Waals surface area contributed by atoms with Crippen LogP contribution in [0, 0.1) is 5.92 Å². The molecule has 31 heavy (non-hydrogen) atoms. The van der Waals surface area contributed by atoms with E-state index in [-0.39, 0.29) is 24.8 Å². The van der Waals surface area contributed by atoms with E-state index < -0.39 is 12.0 Å². The van der Waals surface area contributed by atoms with Gasteiger partial charge in [-0.05, 0) is 30.0 Å². The molecule has 3 aromatic carbocycles. The average Bonchev–Trinajstić information content (AvgIpc) is 2.82. The van der Waals surface area contributed by atoms with Crippen LogP contribution in [-0.4, -0.2) is 17.9 Å². The molecular weight excluding hydrogens is 388 g/mol. The summed E-state index contributed by atoms with van der Waals surface area (Å²) in [5.74, 6) is -1.02. The minimum atomic E-state index is -0.597. The predicted octanol–water partition coefficient (Wildman–Crippen LogP) is 5.15. The minimum Gasteiger partial charge on any atom is -0.461 e. The quantitative estimate of drug-likeness (QED) is 0.406. The lowest BCUT2D eigenvalue weighted by molar-refractivity contribution is -0.152. The zero-order valence-corrected chi connectivity index (χ0v) is 17.8. The summed E-state index contributed by atoms with van der Waals surface area (Å²) in [6.45, 7) is 2.29. The van der Waals surface area contributed by atoms with Crippen molar-refractivity contribution in [3.05, 3.63) is 108 Å². The maximum atomic E-state index is 12.8. The van der Waals surface area contributed by atoms with E-state index in [1.54, 1.807) is 6.92 Å². The third-order valence-electron chi connectivity index (χ3n) is 5.13. The molecule has 0 N–H and O–H groups in total. The summed E-state index contributed by atoms with van der Waals surface area (Å²) < 4.78 is 11.3. The van der Waals surface area contributed by atoms with Crippen LogP contribution in [0.4, 0.5) is 0 Å². The van der Waals surface area contributed by atoms with Crippen LogP contribution in [0.1, 0.15) is 30.0 Å². The minimum absolute atomic E-state index is 0.0818. The Morgan fingerprint density at radius 1 is 0.710 bits per heavy atom. The van der Waals surface area contributed by atoms with Crippen molar-refractivity contribution in [1.82, 2.24) is 0 Å². The van der Waals surface area contributed by atoms with Crippen molar-refractivity contribution in [3.63, 3.8) is 0 Å². The first kappa shape index (κ1) is 22.4. The molecule has 0 saturated carbocycles. The highest BCUT2D eigenvalue weighted by Crippen LogP contribution is 2.18. The molecule has 4 heteroatoms. The van der Waals surface area contributed by atoms with E-state index in [2.05, 4.69) is 0 Å². The van der Waals surface area contributed by atoms with Gasteiger partial charge in [-0.2, -0.15) is 0 Å². The Morgan fingerprint density at radius 3 is 1.74 bits per heavy atom. The largest absolute Gasteiger partial charge is 0.461 e. The highest BCUT2D eigenvalue weighted by Gasteiger charge is 2.26. The number of Topliss-reactive ketones (excluding diaryl/α,β-unsaturated/α-hetero) is 1. The van der Waals surface area contributed by atoms with Gasteiger partial charge >= 0.3 is 5.97 Å². The molecule has 160 valence electrons. The zero-order chi connectivity index (χ0) is 21.9. The molecule has 0 aromatic heterocycles. The zero-order valence-electron chi connectivity index (χ0n) is 17.8. The van der Waals surface area contributed by atoms with Crippen LogP contribution in [0.25, 0.3) is 0 Å². The summed E-state index contributed by atoms with van der Waals surface area (Å²) in [5.41, 5.74) is 2.92. The molecule has 1 unspecified atom stereocenters.